The molecule has 3 N–H and O–H groups in total. The molecule has 1 heterocycles. The fourth-order valence-corrected chi connectivity index (χ4v) is 5.28. The second-order valence-corrected chi connectivity index (χ2v) is 11.2. The molecule has 4 aromatic carbocycles. The highest BCUT2D eigenvalue weighted by Crippen LogP contribution is 2.28. The first-order chi connectivity index (χ1) is 22.1. The average Bonchev–Trinajstić information content (AvgIpc) is 3.08. The minimum Gasteiger partial charge on any atom is -0.387 e. The zero-order valence-corrected chi connectivity index (χ0v) is 25.7. The lowest BCUT2D eigenvalue weighted by Gasteiger charge is -2.44. The lowest BCUT2D eigenvalue weighted by atomic mass is 9.94. The van der Waals surface area contributed by atoms with Crippen molar-refractivity contribution in [3.8, 4) is 0 Å². The monoisotopic (exact) mass is 626 g/mol. The molecule has 1 aliphatic heterocycles. The lowest BCUT2D eigenvalue weighted by Crippen LogP contribution is -2.62. The molecule has 0 aromatic heterocycles. The predicted octanol–water partition coefficient (Wildman–Crippen LogP) is 4.81. The van der Waals surface area contributed by atoms with Gasteiger partial charge in [-0.15, -0.1) is 0 Å². The van der Waals surface area contributed by atoms with Crippen LogP contribution in [-0.4, -0.2) is 59.8 Å². The van der Waals surface area contributed by atoms with Crippen molar-refractivity contribution in [3.05, 3.63) is 144 Å². The van der Waals surface area contributed by atoms with Crippen molar-refractivity contribution in [2.75, 3.05) is 13.2 Å². The Morgan fingerprint density at radius 2 is 1.18 bits per heavy atom. The van der Waals surface area contributed by atoms with E-state index in [2.05, 4.69) is 10.6 Å². The van der Waals surface area contributed by atoms with Crippen molar-refractivity contribution in [1.29, 1.82) is 0 Å². The number of benzene rings is 4. The van der Waals surface area contributed by atoms with E-state index < -0.39 is 30.5 Å². The van der Waals surface area contributed by atoms with Crippen molar-refractivity contribution in [3.63, 3.8) is 0 Å². The van der Waals surface area contributed by atoms with E-state index >= 15 is 0 Å². The molecule has 45 heavy (non-hydrogen) atoms. The van der Waals surface area contributed by atoms with E-state index in [-0.39, 0.29) is 37.4 Å². The Hall–Kier alpha value is -3.96. The van der Waals surface area contributed by atoms with Gasteiger partial charge in [0.15, 0.2) is 5.11 Å². The molecule has 1 saturated heterocycles. The van der Waals surface area contributed by atoms with Crippen LogP contribution in [0.1, 0.15) is 27.0 Å². The van der Waals surface area contributed by atoms with E-state index in [0.717, 1.165) is 16.7 Å². The Bertz CT molecular complexity index is 1460. The summed E-state index contributed by atoms with van der Waals surface area (Å²) in [4.78, 5) is 12.7. The van der Waals surface area contributed by atoms with Crippen LogP contribution in [0.25, 0.3) is 0 Å². The van der Waals surface area contributed by atoms with Crippen molar-refractivity contribution in [2.24, 2.45) is 0 Å². The van der Waals surface area contributed by atoms with Gasteiger partial charge in [-0.25, -0.2) is 0 Å². The van der Waals surface area contributed by atoms with E-state index in [1.807, 2.05) is 97.1 Å². The Morgan fingerprint density at radius 1 is 0.689 bits per heavy atom. The van der Waals surface area contributed by atoms with E-state index in [1.165, 1.54) is 0 Å². The number of nitrogens with one attached hydrogen (secondary N) is 2. The molecule has 8 nitrogen and oxygen atoms in total. The van der Waals surface area contributed by atoms with Gasteiger partial charge in [-0.05, 0) is 41.0 Å². The third-order valence-electron chi connectivity index (χ3n) is 7.45. The second kappa shape index (κ2) is 16.9. The fourth-order valence-electron chi connectivity index (χ4n) is 5.10. The molecule has 5 rings (SSSR count). The quantitative estimate of drug-likeness (QED) is 0.182. The molecular weight excluding hydrogens is 588 g/mol. The molecule has 234 valence electrons. The van der Waals surface area contributed by atoms with Crippen molar-refractivity contribution < 1.29 is 28.8 Å². The molecule has 9 heteroatoms. The third kappa shape index (κ3) is 9.76. The average molecular weight is 627 g/mol. The number of rotatable bonds is 13. The molecule has 0 unspecified atom stereocenters. The zero-order chi connectivity index (χ0) is 31.3. The van der Waals surface area contributed by atoms with E-state index in [4.69, 9.17) is 31.2 Å². The van der Waals surface area contributed by atoms with E-state index in [9.17, 15) is 9.90 Å². The molecule has 0 spiro atoms. The highest BCUT2D eigenvalue weighted by atomic mass is 32.1. The Labute approximate surface area is 269 Å². The number of amides is 1. The summed E-state index contributed by atoms with van der Waals surface area (Å²) in [5.41, 5.74) is 3.45. The maximum atomic E-state index is 12.7. The fraction of sp³-hybridized carbons (Fsp3) is 0.278. The minimum atomic E-state index is -1.04. The van der Waals surface area contributed by atoms with Gasteiger partial charge in [0.2, 0.25) is 0 Å². The van der Waals surface area contributed by atoms with Crippen LogP contribution in [0.4, 0.5) is 0 Å². The van der Waals surface area contributed by atoms with Gasteiger partial charge in [-0.3, -0.25) is 10.1 Å². The van der Waals surface area contributed by atoms with Crippen LogP contribution in [0, 0.1) is 0 Å². The Morgan fingerprint density at radius 3 is 1.73 bits per heavy atom. The molecule has 0 radical (unpaired) electrons. The Kier molecular flexibility index (Phi) is 12.2. The summed E-state index contributed by atoms with van der Waals surface area (Å²) < 4.78 is 25.3. The number of thiocarbonyl (C=S) groups is 1. The van der Waals surface area contributed by atoms with Crippen molar-refractivity contribution in [2.45, 2.75) is 50.3 Å². The van der Waals surface area contributed by atoms with Crippen LogP contribution >= 0.6 is 12.2 Å². The summed E-state index contributed by atoms with van der Waals surface area (Å²) in [6.45, 7) is 1.26. The van der Waals surface area contributed by atoms with Gasteiger partial charge < -0.3 is 29.4 Å². The molecule has 1 amide bonds. The van der Waals surface area contributed by atoms with Gasteiger partial charge in [0.1, 0.15) is 30.5 Å². The number of carbonyl (C=O) groups is 1. The maximum Gasteiger partial charge on any atom is 0.257 e. The van der Waals surface area contributed by atoms with Gasteiger partial charge in [0.25, 0.3) is 5.91 Å². The number of aliphatic hydroxyl groups is 1. The lowest BCUT2D eigenvalue weighted by molar-refractivity contribution is -0.258. The van der Waals surface area contributed by atoms with Crippen molar-refractivity contribution in [1.82, 2.24) is 10.6 Å². The molecule has 0 aliphatic carbocycles. The zero-order valence-electron chi connectivity index (χ0n) is 24.9. The van der Waals surface area contributed by atoms with E-state index in [1.54, 1.807) is 24.3 Å². The highest BCUT2D eigenvalue weighted by Gasteiger charge is 2.47. The predicted molar refractivity (Wildman–Crippen MR) is 175 cm³/mol. The van der Waals surface area contributed by atoms with Crippen LogP contribution in [0.15, 0.2) is 121 Å². The normalized spacial score (nSPS) is 21.1. The molecule has 4 aromatic rings. The summed E-state index contributed by atoms with van der Waals surface area (Å²) in [7, 11) is 0. The van der Waals surface area contributed by atoms with Crippen LogP contribution < -0.4 is 10.6 Å². The second-order valence-electron chi connectivity index (χ2n) is 10.8. The Balaban J connectivity index is 1.32. The molecule has 0 saturated carbocycles. The molecule has 5 atom stereocenters. The largest absolute Gasteiger partial charge is 0.387 e. The molecule has 1 aliphatic rings. The number of hydrogen-bond donors (Lipinski definition) is 3. The van der Waals surface area contributed by atoms with Crippen LogP contribution in [0.3, 0.4) is 0 Å². The first-order valence-corrected chi connectivity index (χ1v) is 15.4. The number of ether oxygens (including phenoxy) is 4. The first kappa shape index (κ1) is 32.4. The number of aliphatic hydroxyl groups excluding tert-OH is 1. The van der Waals surface area contributed by atoms with Crippen LogP contribution in [0.5, 0.6) is 0 Å². The van der Waals surface area contributed by atoms with Gasteiger partial charge in [-0.2, -0.15) is 0 Å². The smallest absolute Gasteiger partial charge is 0.257 e. The molecule has 1 fully saturated rings. The highest BCUT2D eigenvalue weighted by molar-refractivity contribution is 7.80. The van der Waals surface area contributed by atoms with E-state index in [0.29, 0.717) is 12.2 Å². The van der Waals surface area contributed by atoms with Gasteiger partial charge in [-0.1, -0.05) is 109 Å². The maximum absolute atomic E-state index is 12.7. The topological polar surface area (TPSA) is 98.3 Å². The summed E-state index contributed by atoms with van der Waals surface area (Å²) in [5.74, 6) is -0.318. The molecular formula is C36H38N2O6S. The van der Waals surface area contributed by atoms with Crippen molar-refractivity contribution >= 4 is 23.2 Å². The number of hydrogen-bond acceptors (Lipinski definition) is 7. The third-order valence-corrected chi connectivity index (χ3v) is 7.69. The van der Waals surface area contributed by atoms with Gasteiger partial charge in [0.05, 0.1) is 26.4 Å². The SMILES string of the molecule is O=C(NC(=S)NC[C@H]1O[C@H](COCc2ccccc2)[C@@H](O)[C@H](OCc2ccccc2)[C@@H]1OCc1ccccc1)c1ccccc1. The van der Waals surface area contributed by atoms with Crippen LogP contribution in [-0.2, 0) is 38.8 Å². The molecule has 0 bridgehead atoms. The summed E-state index contributed by atoms with van der Waals surface area (Å²) in [5, 5.41) is 17.6. The standard InChI is InChI=1S/C36H38N2O6S/c39-32-31(25-41-22-26-13-5-1-6-14-26)44-30(21-37-36(45)38-35(40)29-19-11-4-12-20-29)33(42-23-27-15-7-2-8-16-27)34(32)43-24-28-17-9-3-10-18-28/h1-20,30-34,39H,21-25H2,(H2,37,38,40,45)/t30-,31-,32-,33-,34+/m1/s1. The summed E-state index contributed by atoms with van der Waals surface area (Å²) in [6.07, 6.45) is -3.76. The first-order valence-electron chi connectivity index (χ1n) is 15.0. The summed E-state index contributed by atoms with van der Waals surface area (Å²) >= 11 is 5.46. The van der Waals surface area contributed by atoms with Crippen LogP contribution in [0.2, 0.25) is 0 Å². The van der Waals surface area contributed by atoms with Gasteiger partial charge >= 0.3 is 0 Å². The minimum absolute atomic E-state index is 0.137. The number of carbonyl (C=O) groups excluding carboxylic acids is 1. The van der Waals surface area contributed by atoms with Gasteiger partial charge in [0, 0.05) is 12.1 Å². The summed E-state index contributed by atoms with van der Waals surface area (Å²) in [6, 6.07) is 38.2.